The van der Waals surface area contributed by atoms with E-state index in [1.165, 1.54) is 19.3 Å². The SMILES string of the molecule is CCCC(CBr)COCCC(C)C. The lowest BCUT2D eigenvalue weighted by Crippen LogP contribution is -2.12. The predicted molar refractivity (Wildman–Crippen MR) is 62.5 cm³/mol. The molecule has 0 rings (SSSR count). The summed E-state index contributed by atoms with van der Waals surface area (Å²) in [6, 6.07) is 0. The van der Waals surface area contributed by atoms with E-state index in [4.69, 9.17) is 4.74 Å². The summed E-state index contributed by atoms with van der Waals surface area (Å²) in [5.74, 6) is 1.46. The second kappa shape index (κ2) is 9.01. The Bertz CT molecular complexity index is 104. The molecule has 0 spiro atoms. The molecule has 0 bridgehead atoms. The Balaban J connectivity index is 3.27. The highest BCUT2D eigenvalue weighted by atomic mass is 79.9. The molecule has 0 aromatic heterocycles. The lowest BCUT2D eigenvalue weighted by Gasteiger charge is -2.13. The van der Waals surface area contributed by atoms with Crippen molar-refractivity contribution in [2.24, 2.45) is 11.8 Å². The predicted octanol–water partition coefficient (Wildman–Crippen LogP) is 3.86. The molecule has 0 N–H and O–H groups in total. The van der Waals surface area contributed by atoms with Crippen molar-refractivity contribution in [1.29, 1.82) is 0 Å². The van der Waals surface area contributed by atoms with Gasteiger partial charge in [-0.2, -0.15) is 0 Å². The van der Waals surface area contributed by atoms with Gasteiger partial charge in [0.2, 0.25) is 0 Å². The van der Waals surface area contributed by atoms with Gasteiger partial charge in [0.05, 0.1) is 6.61 Å². The van der Waals surface area contributed by atoms with Crippen LogP contribution in [-0.4, -0.2) is 18.5 Å². The lowest BCUT2D eigenvalue weighted by atomic mass is 10.1. The Hall–Kier alpha value is 0.440. The minimum atomic E-state index is 0.706. The molecule has 0 fully saturated rings. The smallest absolute Gasteiger partial charge is 0.0502 e. The Morgan fingerprint density at radius 2 is 1.92 bits per heavy atom. The number of halogens is 1. The molecule has 0 aliphatic rings. The first-order valence-corrected chi connectivity index (χ1v) is 6.46. The number of hydrogen-bond acceptors (Lipinski definition) is 1. The molecule has 80 valence electrons. The number of alkyl halides is 1. The topological polar surface area (TPSA) is 9.23 Å². The summed E-state index contributed by atoms with van der Waals surface area (Å²) in [5.41, 5.74) is 0. The van der Waals surface area contributed by atoms with Gasteiger partial charge in [0, 0.05) is 11.9 Å². The van der Waals surface area contributed by atoms with Crippen molar-refractivity contribution in [1.82, 2.24) is 0 Å². The first kappa shape index (κ1) is 13.4. The van der Waals surface area contributed by atoms with E-state index in [1.54, 1.807) is 0 Å². The third-order valence-electron chi connectivity index (χ3n) is 2.11. The average Bonchev–Trinajstić information content (AvgIpc) is 2.10. The molecule has 1 atom stereocenters. The first-order chi connectivity index (χ1) is 6.20. The highest BCUT2D eigenvalue weighted by molar-refractivity contribution is 9.09. The highest BCUT2D eigenvalue weighted by Gasteiger charge is 2.05. The van der Waals surface area contributed by atoms with Gasteiger partial charge >= 0.3 is 0 Å². The van der Waals surface area contributed by atoms with Crippen molar-refractivity contribution < 1.29 is 4.74 Å². The zero-order valence-corrected chi connectivity index (χ0v) is 10.8. The first-order valence-electron chi connectivity index (χ1n) is 5.34. The molecule has 0 saturated heterocycles. The maximum Gasteiger partial charge on any atom is 0.0502 e. The quantitative estimate of drug-likeness (QED) is 0.470. The second-order valence-electron chi connectivity index (χ2n) is 4.07. The summed E-state index contributed by atoms with van der Waals surface area (Å²) >= 11 is 3.52. The average molecular weight is 251 g/mol. The normalized spacial score (nSPS) is 13.6. The Morgan fingerprint density at radius 3 is 2.38 bits per heavy atom. The summed E-state index contributed by atoms with van der Waals surface area (Å²) < 4.78 is 5.62. The summed E-state index contributed by atoms with van der Waals surface area (Å²) in [4.78, 5) is 0. The van der Waals surface area contributed by atoms with Gasteiger partial charge in [-0.25, -0.2) is 0 Å². The van der Waals surface area contributed by atoms with Gasteiger partial charge in [-0.1, -0.05) is 43.1 Å². The molecule has 2 heteroatoms. The summed E-state index contributed by atoms with van der Waals surface area (Å²) in [6.45, 7) is 8.54. The van der Waals surface area contributed by atoms with Crippen LogP contribution in [0.2, 0.25) is 0 Å². The Kier molecular flexibility index (Phi) is 9.32. The molecule has 0 aromatic rings. The van der Waals surface area contributed by atoms with Gasteiger partial charge in [0.1, 0.15) is 0 Å². The van der Waals surface area contributed by atoms with Crippen molar-refractivity contribution >= 4 is 15.9 Å². The summed E-state index contributed by atoms with van der Waals surface area (Å²) in [6.07, 6.45) is 3.71. The van der Waals surface area contributed by atoms with Gasteiger partial charge in [-0.15, -0.1) is 0 Å². The monoisotopic (exact) mass is 250 g/mol. The van der Waals surface area contributed by atoms with Crippen LogP contribution in [0.1, 0.15) is 40.0 Å². The second-order valence-corrected chi connectivity index (χ2v) is 4.71. The molecular formula is C11H23BrO. The molecule has 0 saturated carbocycles. The third-order valence-corrected chi connectivity index (χ3v) is 3.02. The van der Waals surface area contributed by atoms with Crippen molar-refractivity contribution in [3.8, 4) is 0 Å². The van der Waals surface area contributed by atoms with Crippen LogP contribution in [0.3, 0.4) is 0 Å². The zero-order chi connectivity index (χ0) is 10.1. The van der Waals surface area contributed by atoms with Gasteiger partial charge in [-0.3, -0.25) is 0 Å². The highest BCUT2D eigenvalue weighted by Crippen LogP contribution is 2.10. The van der Waals surface area contributed by atoms with Crippen molar-refractivity contribution in [3.63, 3.8) is 0 Å². The maximum atomic E-state index is 5.62. The minimum absolute atomic E-state index is 0.706. The van der Waals surface area contributed by atoms with Crippen LogP contribution in [0, 0.1) is 11.8 Å². The van der Waals surface area contributed by atoms with Gasteiger partial charge in [-0.05, 0) is 24.7 Å². The number of hydrogen-bond donors (Lipinski definition) is 0. The van der Waals surface area contributed by atoms with E-state index >= 15 is 0 Å². The van der Waals surface area contributed by atoms with Gasteiger partial charge < -0.3 is 4.74 Å². The summed E-state index contributed by atoms with van der Waals surface area (Å²) in [7, 11) is 0. The lowest BCUT2D eigenvalue weighted by molar-refractivity contribution is 0.0950. The van der Waals surface area contributed by atoms with E-state index in [0.717, 1.165) is 24.5 Å². The molecule has 13 heavy (non-hydrogen) atoms. The van der Waals surface area contributed by atoms with Crippen LogP contribution < -0.4 is 0 Å². The molecule has 1 nitrogen and oxygen atoms in total. The van der Waals surface area contributed by atoms with Crippen LogP contribution in [-0.2, 0) is 4.74 Å². The van der Waals surface area contributed by atoms with E-state index in [0.29, 0.717) is 5.92 Å². The fourth-order valence-electron chi connectivity index (χ4n) is 1.18. The molecule has 0 aromatic carbocycles. The van der Waals surface area contributed by atoms with E-state index in [1.807, 2.05) is 0 Å². The molecule has 0 amide bonds. The van der Waals surface area contributed by atoms with E-state index in [2.05, 4.69) is 36.7 Å². The van der Waals surface area contributed by atoms with Crippen LogP contribution in [0.25, 0.3) is 0 Å². The number of rotatable bonds is 8. The largest absolute Gasteiger partial charge is 0.381 e. The Labute approximate surface area is 91.4 Å². The van der Waals surface area contributed by atoms with Gasteiger partial charge in [0.15, 0.2) is 0 Å². The summed E-state index contributed by atoms with van der Waals surface area (Å²) in [5, 5.41) is 1.07. The number of ether oxygens (including phenoxy) is 1. The van der Waals surface area contributed by atoms with Gasteiger partial charge in [0.25, 0.3) is 0 Å². The van der Waals surface area contributed by atoms with Crippen LogP contribution in [0.4, 0.5) is 0 Å². The standard InChI is InChI=1S/C11H23BrO/c1-4-5-11(8-12)9-13-7-6-10(2)3/h10-11H,4-9H2,1-3H3. The minimum Gasteiger partial charge on any atom is -0.381 e. The van der Waals surface area contributed by atoms with Crippen molar-refractivity contribution in [3.05, 3.63) is 0 Å². The van der Waals surface area contributed by atoms with Crippen LogP contribution in [0.5, 0.6) is 0 Å². The molecule has 0 heterocycles. The molecule has 0 radical (unpaired) electrons. The third kappa shape index (κ3) is 8.76. The maximum absolute atomic E-state index is 5.62. The fraction of sp³-hybridized carbons (Fsp3) is 1.00. The molecule has 0 aliphatic heterocycles. The van der Waals surface area contributed by atoms with Crippen molar-refractivity contribution in [2.75, 3.05) is 18.5 Å². The fourth-order valence-corrected chi connectivity index (χ4v) is 1.69. The van der Waals surface area contributed by atoms with Crippen LogP contribution in [0.15, 0.2) is 0 Å². The Morgan fingerprint density at radius 1 is 1.23 bits per heavy atom. The van der Waals surface area contributed by atoms with Crippen molar-refractivity contribution in [2.45, 2.75) is 40.0 Å². The van der Waals surface area contributed by atoms with E-state index in [-0.39, 0.29) is 0 Å². The zero-order valence-electron chi connectivity index (χ0n) is 9.18. The molecular weight excluding hydrogens is 228 g/mol. The van der Waals surface area contributed by atoms with Crippen LogP contribution >= 0.6 is 15.9 Å². The molecule has 1 unspecified atom stereocenters. The van der Waals surface area contributed by atoms with E-state index in [9.17, 15) is 0 Å². The molecule has 0 aliphatic carbocycles. The van der Waals surface area contributed by atoms with E-state index < -0.39 is 0 Å².